The van der Waals surface area contributed by atoms with Gasteiger partial charge in [0.25, 0.3) is 5.91 Å². The Bertz CT molecular complexity index is 1360. The van der Waals surface area contributed by atoms with Crippen molar-refractivity contribution in [2.45, 2.75) is 19.1 Å². The van der Waals surface area contributed by atoms with Crippen LogP contribution in [-0.4, -0.2) is 58.9 Å². The van der Waals surface area contributed by atoms with Crippen LogP contribution in [0.4, 0.5) is 4.39 Å². The molecule has 33 heavy (non-hydrogen) atoms. The van der Waals surface area contributed by atoms with Crippen molar-refractivity contribution in [1.82, 2.24) is 29.7 Å². The Morgan fingerprint density at radius 1 is 1.18 bits per heavy atom. The van der Waals surface area contributed by atoms with Crippen LogP contribution in [-0.2, 0) is 10.0 Å². The van der Waals surface area contributed by atoms with Crippen molar-refractivity contribution in [2.75, 3.05) is 13.3 Å². The maximum atomic E-state index is 13.3. The summed E-state index contributed by atoms with van der Waals surface area (Å²) in [6.45, 7) is 1.81. The fourth-order valence-corrected chi connectivity index (χ4v) is 4.51. The molecule has 2 N–H and O–H groups in total. The van der Waals surface area contributed by atoms with Crippen molar-refractivity contribution in [2.24, 2.45) is 0 Å². The fraction of sp³-hybridized carbons (Fsp3) is 0.227. The largest absolute Gasteiger partial charge is 0.345 e. The molecule has 1 aliphatic heterocycles. The molecule has 1 amide bonds. The molecule has 4 rings (SSSR count). The first kappa shape index (κ1) is 22.6. The van der Waals surface area contributed by atoms with E-state index in [1.54, 1.807) is 48.4 Å². The van der Waals surface area contributed by atoms with E-state index in [1.165, 1.54) is 28.8 Å². The standard InChI is InChI=1S/C22H23FN6O3S/c1-14(15-8-9-28(33(3,31)32)21(10-15)24-2)27-22(30)19-11-25-13-20-18(19)12-26-29(20)17-6-4-16(23)5-7-17/h4-14,21,24H,1-3H3,(H,27,30)/t14?,21-/m0/s1. The molecule has 0 bridgehead atoms. The second-order valence-corrected chi connectivity index (χ2v) is 9.54. The van der Waals surface area contributed by atoms with Gasteiger partial charge in [0.15, 0.2) is 0 Å². The number of carbonyl (C=O) groups excluding carboxylic acids is 1. The van der Waals surface area contributed by atoms with Crippen molar-refractivity contribution < 1.29 is 17.6 Å². The summed E-state index contributed by atoms with van der Waals surface area (Å²) >= 11 is 0. The maximum Gasteiger partial charge on any atom is 0.254 e. The number of nitrogens with one attached hydrogen (secondary N) is 2. The summed E-state index contributed by atoms with van der Waals surface area (Å²) in [5, 5.41) is 10.8. The summed E-state index contributed by atoms with van der Waals surface area (Å²) in [7, 11) is -1.78. The van der Waals surface area contributed by atoms with Crippen LogP contribution in [0.2, 0.25) is 0 Å². The number of amides is 1. The predicted octanol–water partition coefficient (Wildman–Crippen LogP) is 1.94. The number of hydrogen-bond acceptors (Lipinski definition) is 6. The first-order valence-corrected chi connectivity index (χ1v) is 12.0. The predicted molar refractivity (Wildman–Crippen MR) is 123 cm³/mol. The Labute approximate surface area is 190 Å². The monoisotopic (exact) mass is 470 g/mol. The SMILES string of the molecule is CN[C@@H]1C=C(C(C)NC(=O)c2cncc3c2cnn3-c2ccc(F)cc2)C=CN1S(C)(=O)=O. The number of rotatable bonds is 6. The maximum absolute atomic E-state index is 13.3. The second kappa shape index (κ2) is 8.75. The van der Waals surface area contributed by atoms with Gasteiger partial charge < -0.3 is 5.32 Å². The van der Waals surface area contributed by atoms with Gasteiger partial charge in [0, 0.05) is 17.8 Å². The number of nitrogens with zero attached hydrogens (tertiary/aromatic N) is 4. The van der Waals surface area contributed by atoms with Gasteiger partial charge in [-0.15, -0.1) is 0 Å². The molecule has 1 aromatic carbocycles. The van der Waals surface area contributed by atoms with Gasteiger partial charge in [0.2, 0.25) is 10.0 Å². The normalized spacial score (nSPS) is 17.2. The van der Waals surface area contributed by atoms with Crippen LogP contribution in [0.5, 0.6) is 0 Å². The third-order valence-corrected chi connectivity index (χ3v) is 6.49. The van der Waals surface area contributed by atoms with Crippen molar-refractivity contribution in [3.8, 4) is 5.69 Å². The van der Waals surface area contributed by atoms with Crippen LogP contribution in [0.25, 0.3) is 16.6 Å². The average Bonchev–Trinajstić information content (AvgIpc) is 3.22. The van der Waals surface area contributed by atoms with E-state index in [0.717, 1.165) is 11.8 Å². The lowest BCUT2D eigenvalue weighted by atomic mass is 10.0. The van der Waals surface area contributed by atoms with Gasteiger partial charge in [-0.05, 0) is 56.0 Å². The molecule has 1 aliphatic rings. The lowest BCUT2D eigenvalue weighted by molar-refractivity contribution is 0.0946. The molecule has 172 valence electrons. The topological polar surface area (TPSA) is 109 Å². The van der Waals surface area contributed by atoms with Crippen LogP contribution in [0.3, 0.4) is 0 Å². The van der Waals surface area contributed by atoms with E-state index in [4.69, 9.17) is 0 Å². The second-order valence-electron chi connectivity index (χ2n) is 7.66. The fourth-order valence-electron chi connectivity index (χ4n) is 3.65. The molecule has 0 aliphatic carbocycles. The van der Waals surface area contributed by atoms with E-state index < -0.39 is 22.2 Å². The highest BCUT2D eigenvalue weighted by Crippen LogP contribution is 2.22. The zero-order chi connectivity index (χ0) is 23.8. The smallest absolute Gasteiger partial charge is 0.254 e. The number of hydrogen-bond donors (Lipinski definition) is 2. The summed E-state index contributed by atoms with van der Waals surface area (Å²) < 4.78 is 40.0. The lowest BCUT2D eigenvalue weighted by Gasteiger charge is -2.31. The molecule has 2 atom stereocenters. The molecule has 0 saturated heterocycles. The average molecular weight is 471 g/mol. The number of aromatic nitrogens is 3. The van der Waals surface area contributed by atoms with Crippen molar-refractivity contribution in [3.63, 3.8) is 0 Å². The summed E-state index contributed by atoms with van der Waals surface area (Å²) in [4.78, 5) is 17.3. The molecular formula is C22H23FN6O3S. The number of fused-ring (bicyclic) bond motifs is 1. The van der Waals surface area contributed by atoms with E-state index in [-0.39, 0.29) is 11.7 Å². The Kier molecular flexibility index (Phi) is 6.00. The van der Waals surface area contributed by atoms with Gasteiger partial charge >= 0.3 is 0 Å². The molecule has 3 aromatic rings. The molecule has 9 nitrogen and oxygen atoms in total. The minimum absolute atomic E-state index is 0.344. The first-order chi connectivity index (χ1) is 15.7. The van der Waals surface area contributed by atoms with Gasteiger partial charge in [-0.1, -0.05) is 0 Å². The Morgan fingerprint density at radius 2 is 1.91 bits per heavy atom. The number of carbonyl (C=O) groups is 1. The number of sulfonamides is 1. The van der Waals surface area contributed by atoms with Gasteiger partial charge in [0.1, 0.15) is 12.0 Å². The number of benzene rings is 1. The number of halogens is 1. The van der Waals surface area contributed by atoms with Crippen LogP contribution in [0.1, 0.15) is 17.3 Å². The highest BCUT2D eigenvalue weighted by Gasteiger charge is 2.26. The number of likely N-dealkylation sites (N-methyl/N-ethyl adjacent to an activating group) is 1. The van der Waals surface area contributed by atoms with E-state index in [9.17, 15) is 17.6 Å². The van der Waals surface area contributed by atoms with Crippen LogP contribution < -0.4 is 10.6 Å². The minimum Gasteiger partial charge on any atom is -0.345 e. The van der Waals surface area contributed by atoms with E-state index >= 15 is 0 Å². The zero-order valence-corrected chi connectivity index (χ0v) is 19.0. The number of pyridine rings is 1. The third-order valence-electron chi connectivity index (χ3n) is 5.38. The minimum atomic E-state index is -3.44. The van der Waals surface area contributed by atoms with E-state index in [1.807, 2.05) is 6.92 Å². The first-order valence-electron chi connectivity index (χ1n) is 10.1. The highest BCUT2D eigenvalue weighted by atomic mass is 32.2. The van der Waals surface area contributed by atoms with Gasteiger partial charge in [-0.2, -0.15) is 5.10 Å². The molecular weight excluding hydrogens is 447 g/mol. The van der Waals surface area contributed by atoms with Crippen LogP contribution >= 0.6 is 0 Å². The van der Waals surface area contributed by atoms with Gasteiger partial charge in [-0.25, -0.2) is 17.5 Å². The van der Waals surface area contributed by atoms with Gasteiger partial charge in [0.05, 0.1) is 41.5 Å². The Balaban J connectivity index is 1.58. The molecule has 1 unspecified atom stereocenters. The molecule has 0 saturated carbocycles. The third kappa shape index (κ3) is 4.50. The summed E-state index contributed by atoms with van der Waals surface area (Å²) in [5.74, 6) is -0.700. The van der Waals surface area contributed by atoms with Crippen molar-refractivity contribution >= 4 is 26.8 Å². The Hall–Kier alpha value is -3.57. The lowest BCUT2D eigenvalue weighted by Crippen LogP contribution is -2.45. The summed E-state index contributed by atoms with van der Waals surface area (Å²) in [6, 6.07) is 5.47. The molecule has 0 radical (unpaired) electrons. The van der Waals surface area contributed by atoms with Crippen molar-refractivity contribution in [1.29, 1.82) is 0 Å². The van der Waals surface area contributed by atoms with Gasteiger partial charge in [-0.3, -0.25) is 19.4 Å². The van der Waals surface area contributed by atoms with E-state index in [0.29, 0.717) is 22.2 Å². The summed E-state index contributed by atoms with van der Waals surface area (Å²) in [6.07, 6.45) is 10.1. The Morgan fingerprint density at radius 3 is 2.58 bits per heavy atom. The van der Waals surface area contributed by atoms with Crippen LogP contribution in [0, 0.1) is 5.82 Å². The highest BCUT2D eigenvalue weighted by molar-refractivity contribution is 7.88. The molecule has 11 heteroatoms. The van der Waals surface area contributed by atoms with E-state index in [2.05, 4.69) is 20.7 Å². The zero-order valence-electron chi connectivity index (χ0n) is 18.2. The molecule has 0 fully saturated rings. The quantitative estimate of drug-likeness (QED) is 0.570. The van der Waals surface area contributed by atoms with Crippen molar-refractivity contribution in [3.05, 3.63) is 78.2 Å². The molecule has 2 aromatic heterocycles. The summed E-state index contributed by atoms with van der Waals surface area (Å²) in [5.41, 5.74) is 2.35. The molecule has 0 spiro atoms. The molecule has 3 heterocycles. The van der Waals surface area contributed by atoms with Crippen LogP contribution in [0.15, 0.2) is 66.8 Å².